The lowest BCUT2D eigenvalue weighted by molar-refractivity contribution is -0.384. The Morgan fingerprint density at radius 2 is 2.07 bits per heavy atom. The summed E-state index contributed by atoms with van der Waals surface area (Å²) >= 11 is 0. The van der Waals surface area contributed by atoms with Gasteiger partial charge in [0.2, 0.25) is 10.0 Å². The van der Waals surface area contributed by atoms with E-state index in [9.17, 15) is 18.5 Å². The Kier molecular flexibility index (Phi) is 5.68. The summed E-state index contributed by atoms with van der Waals surface area (Å²) in [5, 5.41) is 11.5. The van der Waals surface area contributed by atoms with Gasteiger partial charge in [-0.2, -0.15) is 0 Å². The van der Waals surface area contributed by atoms with E-state index in [4.69, 9.17) is 4.74 Å². The maximum Gasteiger partial charge on any atom is 0.293 e. The van der Waals surface area contributed by atoms with Crippen molar-refractivity contribution in [1.82, 2.24) is 9.71 Å². The average molecular weight is 392 g/mol. The zero-order chi connectivity index (χ0) is 19.4. The van der Waals surface area contributed by atoms with Gasteiger partial charge >= 0.3 is 0 Å². The van der Waals surface area contributed by atoms with E-state index >= 15 is 0 Å². The van der Waals surface area contributed by atoms with Crippen molar-refractivity contribution < 1.29 is 18.1 Å². The second kappa shape index (κ2) is 7.99. The summed E-state index contributed by atoms with van der Waals surface area (Å²) in [6.45, 7) is 1.55. The highest BCUT2D eigenvalue weighted by Gasteiger charge is 2.29. The lowest BCUT2D eigenvalue weighted by Crippen LogP contribution is -2.24. The number of pyridine rings is 1. The second-order valence-electron chi connectivity index (χ2n) is 6.14. The van der Waals surface area contributed by atoms with E-state index in [1.165, 1.54) is 19.2 Å². The molecule has 0 bridgehead atoms. The summed E-state index contributed by atoms with van der Waals surface area (Å²) in [5.41, 5.74) is 1.17. The maximum absolute atomic E-state index is 11.9. The Labute approximate surface area is 157 Å². The van der Waals surface area contributed by atoms with E-state index in [-0.39, 0.29) is 16.7 Å². The lowest BCUT2D eigenvalue weighted by Gasteiger charge is -2.19. The molecule has 2 heterocycles. The van der Waals surface area contributed by atoms with Crippen molar-refractivity contribution in [3.63, 3.8) is 0 Å². The summed E-state index contributed by atoms with van der Waals surface area (Å²) < 4.78 is 31.9. The van der Waals surface area contributed by atoms with Crippen LogP contribution in [0.1, 0.15) is 12.0 Å². The van der Waals surface area contributed by atoms with E-state index in [1.807, 2.05) is 17.0 Å². The Morgan fingerprint density at radius 3 is 2.74 bits per heavy atom. The van der Waals surface area contributed by atoms with Gasteiger partial charge in [-0.25, -0.2) is 13.1 Å². The van der Waals surface area contributed by atoms with Crippen LogP contribution in [0.3, 0.4) is 0 Å². The lowest BCUT2D eigenvalue weighted by atomic mass is 10.2. The number of hydrogen-bond acceptors (Lipinski definition) is 7. The largest absolute Gasteiger partial charge is 0.372 e. The van der Waals surface area contributed by atoms with Crippen LogP contribution in [0.5, 0.6) is 0 Å². The molecule has 0 saturated carbocycles. The molecule has 0 spiro atoms. The molecule has 1 saturated heterocycles. The molecule has 1 fully saturated rings. The molecular weight excluding hydrogens is 372 g/mol. The van der Waals surface area contributed by atoms with Crippen LogP contribution < -0.4 is 9.62 Å². The van der Waals surface area contributed by atoms with Gasteiger partial charge in [-0.15, -0.1) is 0 Å². The minimum Gasteiger partial charge on any atom is -0.372 e. The van der Waals surface area contributed by atoms with Gasteiger partial charge in [-0.1, -0.05) is 0 Å². The van der Waals surface area contributed by atoms with Crippen molar-refractivity contribution in [2.45, 2.75) is 24.0 Å². The highest BCUT2D eigenvalue weighted by atomic mass is 32.2. The fourth-order valence-electron chi connectivity index (χ4n) is 2.98. The number of rotatable bonds is 7. The number of nitro benzene ring substituents is 1. The smallest absolute Gasteiger partial charge is 0.293 e. The van der Waals surface area contributed by atoms with E-state index < -0.39 is 14.9 Å². The van der Waals surface area contributed by atoms with Gasteiger partial charge in [0.1, 0.15) is 5.69 Å². The van der Waals surface area contributed by atoms with Crippen LogP contribution in [0.2, 0.25) is 0 Å². The second-order valence-corrected chi connectivity index (χ2v) is 8.02. The highest BCUT2D eigenvalue weighted by Crippen LogP contribution is 2.33. The number of aromatic nitrogens is 1. The van der Waals surface area contributed by atoms with Gasteiger partial charge in [-0.05, 0) is 43.3 Å². The molecule has 2 aromatic rings. The number of nitrogens with zero attached hydrogens (tertiary/aromatic N) is 3. The molecule has 27 heavy (non-hydrogen) atoms. The number of ether oxygens (including phenoxy) is 1. The molecule has 1 aliphatic heterocycles. The van der Waals surface area contributed by atoms with Crippen LogP contribution in [-0.2, 0) is 21.4 Å². The highest BCUT2D eigenvalue weighted by molar-refractivity contribution is 7.89. The Hall–Kier alpha value is -2.56. The molecular formula is C17H20N4O5S. The van der Waals surface area contributed by atoms with Crippen molar-refractivity contribution in [1.29, 1.82) is 0 Å². The molecule has 9 nitrogen and oxygen atoms in total. The van der Waals surface area contributed by atoms with Crippen molar-refractivity contribution in [3.8, 4) is 0 Å². The maximum atomic E-state index is 11.9. The molecule has 0 amide bonds. The molecule has 1 N–H and O–H groups in total. The topological polar surface area (TPSA) is 115 Å². The zero-order valence-electron chi connectivity index (χ0n) is 14.7. The standard InChI is InChI=1S/C17H20N4O5S/c1-18-27(24,25)15-2-3-16(17(10-15)21(22)23)20-9-6-14(11-20)26-12-13-4-7-19-8-5-13/h2-5,7-8,10,14,18H,6,9,11-12H2,1H3. The number of hydrogen-bond donors (Lipinski definition) is 1. The van der Waals surface area contributed by atoms with Crippen LogP contribution in [0.25, 0.3) is 0 Å². The Bertz CT molecular complexity index is 920. The SMILES string of the molecule is CNS(=O)(=O)c1ccc(N2CCC(OCc3ccncc3)C2)c([N+](=O)[O-])c1. The van der Waals surface area contributed by atoms with Gasteiger partial charge in [0.25, 0.3) is 5.69 Å². The molecule has 1 aromatic carbocycles. The number of anilines is 1. The van der Waals surface area contributed by atoms with Gasteiger partial charge in [0.15, 0.2) is 0 Å². The van der Waals surface area contributed by atoms with Gasteiger partial charge in [-0.3, -0.25) is 15.1 Å². The monoisotopic (exact) mass is 392 g/mol. The summed E-state index contributed by atoms with van der Waals surface area (Å²) in [6.07, 6.45) is 4.07. The van der Waals surface area contributed by atoms with E-state index in [1.54, 1.807) is 12.4 Å². The quantitative estimate of drug-likeness (QED) is 0.563. The predicted octanol–water partition coefficient (Wildman–Crippen LogP) is 1.69. The Balaban J connectivity index is 1.74. The third kappa shape index (κ3) is 4.41. The fourth-order valence-corrected chi connectivity index (χ4v) is 3.73. The van der Waals surface area contributed by atoms with E-state index in [0.717, 1.165) is 18.1 Å². The zero-order valence-corrected chi connectivity index (χ0v) is 15.6. The molecule has 1 unspecified atom stereocenters. The van der Waals surface area contributed by atoms with Gasteiger partial charge < -0.3 is 9.64 Å². The van der Waals surface area contributed by atoms with Crippen LogP contribution in [-0.4, -0.2) is 44.6 Å². The first-order valence-electron chi connectivity index (χ1n) is 8.38. The third-order valence-corrected chi connectivity index (χ3v) is 5.86. The van der Waals surface area contributed by atoms with Crippen LogP contribution in [0, 0.1) is 10.1 Å². The average Bonchev–Trinajstić information content (AvgIpc) is 3.15. The summed E-state index contributed by atoms with van der Waals surface area (Å²) in [4.78, 5) is 16.6. The normalized spacial score (nSPS) is 17.2. The van der Waals surface area contributed by atoms with Gasteiger partial charge in [0, 0.05) is 31.5 Å². The number of benzene rings is 1. The molecule has 1 aliphatic rings. The first-order valence-corrected chi connectivity index (χ1v) is 9.86. The minimum absolute atomic E-state index is 0.0570. The van der Waals surface area contributed by atoms with Crippen molar-refractivity contribution in [2.75, 3.05) is 25.0 Å². The van der Waals surface area contributed by atoms with Crippen LogP contribution in [0.15, 0.2) is 47.6 Å². The third-order valence-electron chi connectivity index (χ3n) is 4.44. The summed E-state index contributed by atoms with van der Waals surface area (Å²) in [7, 11) is -2.48. The fraction of sp³-hybridized carbons (Fsp3) is 0.353. The van der Waals surface area contributed by atoms with Crippen LogP contribution in [0.4, 0.5) is 11.4 Å². The molecule has 0 radical (unpaired) electrons. The number of nitrogens with one attached hydrogen (secondary N) is 1. The summed E-state index contributed by atoms with van der Waals surface area (Å²) in [6, 6.07) is 7.69. The minimum atomic E-state index is -3.75. The predicted molar refractivity (Wildman–Crippen MR) is 99.0 cm³/mol. The molecule has 144 valence electrons. The summed E-state index contributed by atoms with van der Waals surface area (Å²) in [5.74, 6) is 0. The van der Waals surface area contributed by atoms with E-state index in [2.05, 4.69) is 9.71 Å². The number of nitro groups is 1. The van der Waals surface area contributed by atoms with Gasteiger partial charge in [0.05, 0.1) is 22.5 Å². The molecule has 3 rings (SSSR count). The molecule has 10 heteroatoms. The molecule has 0 aliphatic carbocycles. The molecule has 1 atom stereocenters. The van der Waals surface area contributed by atoms with Crippen molar-refractivity contribution >= 4 is 21.4 Å². The van der Waals surface area contributed by atoms with E-state index in [0.29, 0.717) is 25.4 Å². The van der Waals surface area contributed by atoms with Crippen molar-refractivity contribution in [2.24, 2.45) is 0 Å². The molecule has 1 aromatic heterocycles. The Morgan fingerprint density at radius 1 is 1.33 bits per heavy atom. The van der Waals surface area contributed by atoms with Crippen molar-refractivity contribution in [3.05, 3.63) is 58.4 Å². The number of sulfonamides is 1. The first-order chi connectivity index (χ1) is 12.9. The first kappa shape index (κ1) is 19.2. The van der Waals surface area contributed by atoms with Crippen LogP contribution >= 0.6 is 0 Å².